The zero-order valence-corrected chi connectivity index (χ0v) is 9.46. The minimum Gasteiger partial charge on any atom is -0.550 e. The van der Waals surface area contributed by atoms with Crippen LogP contribution >= 0.6 is 0 Å². The van der Waals surface area contributed by atoms with Gasteiger partial charge in [-0.3, -0.25) is 10.1 Å². The standard InChI is InChI=1S/C12H12N2O4/c15-10(16)6-9-11(17)13-12(18)14(9)7-8-4-2-1-3-5-8/h1-5,9H,6-7H2,(H,15,16)(H,13,17,18)/p-1. The fourth-order valence-electron chi connectivity index (χ4n) is 1.87. The fraction of sp³-hybridized carbons (Fsp3) is 0.250. The van der Waals surface area contributed by atoms with Gasteiger partial charge in [0.1, 0.15) is 6.04 Å². The molecule has 1 N–H and O–H groups in total. The Bertz CT molecular complexity index is 486. The molecule has 1 aromatic rings. The van der Waals surface area contributed by atoms with Crippen LogP contribution in [0.5, 0.6) is 0 Å². The summed E-state index contributed by atoms with van der Waals surface area (Å²) in [5.74, 6) is -1.96. The molecular weight excluding hydrogens is 236 g/mol. The van der Waals surface area contributed by atoms with Gasteiger partial charge in [-0.2, -0.15) is 0 Å². The van der Waals surface area contributed by atoms with Crippen molar-refractivity contribution in [3.63, 3.8) is 0 Å². The van der Waals surface area contributed by atoms with Gasteiger partial charge in [-0.15, -0.1) is 0 Å². The molecule has 1 atom stereocenters. The number of carbonyl (C=O) groups is 3. The summed E-state index contributed by atoms with van der Waals surface area (Å²) < 4.78 is 0. The fourth-order valence-corrected chi connectivity index (χ4v) is 1.87. The van der Waals surface area contributed by atoms with Crippen molar-refractivity contribution < 1.29 is 19.5 Å². The summed E-state index contributed by atoms with van der Waals surface area (Å²) in [4.78, 5) is 34.8. The molecule has 1 aliphatic heterocycles. The van der Waals surface area contributed by atoms with Crippen molar-refractivity contribution >= 4 is 17.9 Å². The van der Waals surface area contributed by atoms with Gasteiger partial charge in [0.15, 0.2) is 0 Å². The molecular formula is C12H11N2O4-. The van der Waals surface area contributed by atoms with Crippen LogP contribution in [0.25, 0.3) is 0 Å². The van der Waals surface area contributed by atoms with Gasteiger partial charge < -0.3 is 14.8 Å². The van der Waals surface area contributed by atoms with Crippen LogP contribution in [0, 0.1) is 0 Å². The van der Waals surface area contributed by atoms with E-state index in [1.807, 2.05) is 6.07 Å². The molecule has 2 rings (SSSR count). The van der Waals surface area contributed by atoms with Crippen molar-refractivity contribution in [2.75, 3.05) is 0 Å². The number of urea groups is 1. The van der Waals surface area contributed by atoms with Gasteiger partial charge in [0.2, 0.25) is 0 Å². The highest BCUT2D eigenvalue weighted by Gasteiger charge is 2.37. The summed E-state index contributed by atoms with van der Waals surface area (Å²) in [5, 5.41) is 12.7. The minimum atomic E-state index is -1.36. The predicted octanol–water partition coefficient (Wildman–Crippen LogP) is -0.753. The van der Waals surface area contributed by atoms with Crippen molar-refractivity contribution in [2.24, 2.45) is 0 Å². The van der Waals surface area contributed by atoms with Crippen molar-refractivity contribution in [2.45, 2.75) is 19.0 Å². The summed E-state index contributed by atoms with van der Waals surface area (Å²) in [6.07, 6.45) is -0.496. The molecule has 1 heterocycles. The molecule has 1 fully saturated rings. The topological polar surface area (TPSA) is 89.5 Å². The molecule has 0 aliphatic carbocycles. The van der Waals surface area contributed by atoms with Gasteiger partial charge in [0.05, 0.1) is 0 Å². The van der Waals surface area contributed by atoms with Crippen LogP contribution in [0.4, 0.5) is 4.79 Å². The number of aliphatic carboxylic acids is 1. The molecule has 0 saturated carbocycles. The number of imide groups is 1. The molecule has 1 aliphatic rings. The first kappa shape index (κ1) is 12.1. The number of benzene rings is 1. The Morgan fingerprint density at radius 2 is 1.94 bits per heavy atom. The largest absolute Gasteiger partial charge is 0.550 e. The minimum absolute atomic E-state index is 0.191. The Balaban J connectivity index is 2.16. The molecule has 94 valence electrons. The molecule has 0 radical (unpaired) electrons. The first-order valence-electron chi connectivity index (χ1n) is 5.43. The van der Waals surface area contributed by atoms with E-state index >= 15 is 0 Å². The molecule has 1 aromatic carbocycles. The number of hydrogen-bond donors (Lipinski definition) is 1. The molecule has 18 heavy (non-hydrogen) atoms. The van der Waals surface area contributed by atoms with Crippen molar-refractivity contribution in [3.05, 3.63) is 35.9 Å². The molecule has 0 aromatic heterocycles. The second kappa shape index (κ2) is 4.87. The number of hydrogen-bond acceptors (Lipinski definition) is 4. The maximum absolute atomic E-state index is 11.6. The number of nitrogens with one attached hydrogen (secondary N) is 1. The third-order valence-corrected chi connectivity index (χ3v) is 2.73. The Labute approximate surface area is 103 Å². The molecule has 6 nitrogen and oxygen atoms in total. The number of carboxylic acids is 1. The van der Waals surface area contributed by atoms with Crippen LogP contribution in [0.1, 0.15) is 12.0 Å². The van der Waals surface area contributed by atoms with Crippen LogP contribution < -0.4 is 10.4 Å². The van der Waals surface area contributed by atoms with Crippen LogP contribution in [0.2, 0.25) is 0 Å². The Hall–Kier alpha value is -2.37. The van der Waals surface area contributed by atoms with Crippen LogP contribution in [-0.4, -0.2) is 28.8 Å². The van der Waals surface area contributed by atoms with E-state index in [9.17, 15) is 19.5 Å². The third kappa shape index (κ3) is 2.48. The third-order valence-electron chi connectivity index (χ3n) is 2.73. The van der Waals surface area contributed by atoms with Crippen molar-refractivity contribution in [1.29, 1.82) is 0 Å². The van der Waals surface area contributed by atoms with Crippen LogP contribution in [0.15, 0.2) is 30.3 Å². The molecule has 3 amide bonds. The number of rotatable bonds is 4. The predicted molar refractivity (Wildman–Crippen MR) is 58.9 cm³/mol. The van der Waals surface area contributed by atoms with Gasteiger partial charge >= 0.3 is 6.03 Å². The highest BCUT2D eigenvalue weighted by molar-refractivity contribution is 6.05. The summed E-state index contributed by atoms with van der Waals surface area (Å²) in [6, 6.07) is 7.46. The first-order chi connectivity index (χ1) is 8.58. The van der Waals surface area contributed by atoms with E-state index in [1.54, 1.807) is 24.3 Å². The van der Waals surface area contributed by atoms with E-state index in [2.05, 4.69) is 5.32 Å². The number of amides is 3. The maximum atomic E-state index is 11.6. The second-order valence-corrected chi connectivity index (χ2v) is 4.00. The molecule has 6 heteroatoms. The van der Waals surface area contributed by atoms with Gasteiger partial charge in [-0.1, -0.05) is 30.3 Å². The van der Waals surface area contributed by atoms with Crippen LogP contribution in [-0.2, 0) is 16.1 Å². The summed E-state index contributed by atoms with van der Waals surface area (Å²) >= 11 is 0. The Morgan fingerprint density at radius 3 is 2.56 bits per heavy atom. The first-order valence-corrected chi connectivity index (χ1v) is 5.43. The lowest BCUT2D eigenvalue weighted by atomic mass is 10.1. The number of carboxylic acid groups (broad SMARTS) is 1. The van der Waals surface area contributed by atoms with E-state index in [4.69, 9.17) is 0 Å². The molecule has 1 unspecified atom stereocenters. The van der Waals surface area contributed by atoms with Gasteiger partial charge in [0, 0.05) is 18.9 Å². The zero-order chi connectivity index (χ0) is 13.1. The Kier molecular flexibility index (Phi) is 3.27. The van der Waals surface area contributed by atoms with E-state index in [0.717, 1.165) is 5.56 Å². The SMILES string of the molecule is O=C([O-])CC1C(=O)NC(=O)N1Cc1ccccc1. The molecule has 0 spiro atoms. The number of carbonyl (C=O) groups excluding carboxylic acids is 3. The van der Waals surface area contributed by atoms with Gasteiger partial charge in [-0.05, 0) is 5.56 Å². The highest BCUT2D eigenvalue weighted by atomic mass is 16.4. The summed E-state index contributed by atoms with van der Waals surface area (Å²) in [5.41, 5.74) is 0.825. The van der Waals surface area contributed by atoms with Crippen molar-refractivity contribution in [3.8, 4) is 0 Å². The van der Waals surface area contributed by atoms with Crippen LogP contribution in [0.3, 0.4) is 0 Å². The zero-order valence-electron chi connectivity index (χ0n) is 9.46. The second-order valence-electron chi connectivity index (χ2n) is 4.00. The smallest absolute Gasteiger partial charge is 0.325 e. The molecule has 0 bridgehead atoms. The van der Waals surface area contributed by atoms with E-state index < -0.39 is 30.4 Å². The lowest BCUT2D eigenvalue weighted by Gasteiger charge is -2.21. The lowest BCUT2D eigenvalue weighted by Crippen LogP contribution is -2.39. The van der Waals surface area contributed by atoms with Crippen molar-refractivity contribution in [1.82, 2.24) is 10.2 Å². The van der Waals surface area contributed by atoms with E-state index in [1.165, 1.54) is 4.90 Å². The van der Waals surface area contributed by atoms with E-state index in [-0.39, 0.29) is 6.54 Å². The molecule has 1 saturated heterocycles. The van der Waals surface area contributed by atoms with E-state index in [0.29, 0.717) is 0 Å². The number of nitrogens with zero attached hydrogens (tertiary/aromatic N) is 1. The monoisotopic (exact) mass is 247 g/mol. The van der Waals surface area contributed by atoms with Gasteiger partial charge in [-0.25, -0.2) is 4.79 Å². The summed E-state index contributed by atoms with van der Waals surface area (Å²) in [7, 11) is 0. The Morgan fingerprint density at radius 1 is 1.28 bits per heavy atom. The average molecular weight is 247 g/mol. The highest BCUT2D eigenvalue weighted by Crippen LogP contribution is 2.16. The average Bonchev–Trinajstić information content (AvgIpc) is 2.57. The van der Waals surface area contributed by atoms with Gasteiger partial charge in [0.25, 0.3) is 5.91 Å². The quantitative estimate of drug-likeness (QED) is 0.709. The summed E-state index contributed by atoms with van der Waals surface area (Å²) in [6.45, 7) is 0.191. The normalized spacial score (nSPS) is 18.9. The lowest BCUT2D eigenvalue weighted by molar-refractivity contribution is -0.306. The maximum Gasteiger partial charge on any atom is 0.325 e.